The maximum absolute atomic E-state index is 5.38. The Labute approximate surface area is 116 Å². The maximum atomic E-state index is 5.38. The van der Waals surface area contributed by atoms with Gasteiger partial charge in [-0.05, 0) is 12.1 Å². The number of benzene rings is 2. The molecule has 0 aliphatic heterocycles. The van der Waals surface area contributed by atoms with Gasteiger partial charge >= 0.3 is 0 Å². The Morgan fingerprint density at radius 2 is 1.58 bits per heavy atom. The molecule has 3 rings (SSSR count). The number of hydrogen-bond acceptors (Lipinski definition) is 3. The molecular formula is C16H13NOS. The molecule has 1 aromatic heterocycles. The van der Waals surface area contributed by atoms with Crippen LogP contribution in [0.2, 0.25) is 0 Å². The molecule has 0 aliphatic rings. The van der Waals surface area contributed by atoms with E-state index < -0.39 is 0 Å². The summed E-state index contributed by atoms with van der Waals surface area (Å²) in [7, 11) is 0. The van der Waals surface area contributed by atoms with Crippen LogP contribution < -0.4 is 0 Å². The van der Waals surface area contributed by atoms with Gasteiger partial charge in [-0.2, -0.15) is 0 Å². The molecule has 2 nitrogen and oxygen atoms in total. The fourth-order valence-electron chi connectivity index (χ4n) is 1.79. The van der Waals surface area contributed by atoms with Gasteiger partial charge in [-0.25, -0.2) is 0 Å². The van der Waals surface area contributed by atoms with E-state index in [0.717, 1.165) is 22.8 Å². The van der Waals surface area contributed by atoms with Gasteiger partial charge in [0.05, 0.1) is 5.69 Å². The van der Waals surface area contributed by atoms with Crippen LogP contribution in [0.15, 0.2) is 76.1 Å². The molecule has 0 N–H and O–H groups in total. The van der Waals surface area contributed by atoms with Crippen LogP contribution in [-0.2, 0) is 5.75 Å². The Bertz CT molecular complexity index is 634. The molecule has 0 saturated heterocycles. The van der Waals surface area contributed by atoms with Crippen LogP contribution in [0, 0.1) is 0 Å². The Balaban J connectivity index is 1.69. The van der Waals surface area contributed by atoms with E-state index in [1.807, 2.05) is 54.6 Å². The van der Waals surface area contributed by atoms with E-state index in [1.54, 1.807) is 11.8 Å². The molecule has 0 unspecified atom stereocenters. The molecule has 94 valence electrons. The van der Waals surface area contributed by atoms with Crippen molar-refractivity contribution in [3.8, 4) is 11.3 Å². The molecule has 0 amide bonds. The average molecular weight is 267 g/mol. The molecule has 0 saturated carbocycles. The van der Waals surface area contributed by atoms with Crippen molar-refractivity contribution in [3.05, 3.63) is 72.4 Å². The molecule has 3 aromatic rings. The third kappa shape index (κ3) is 3.06. The third-order valence-electron chi connectivity index (χ3n) is 2.75. The van der Waals surface area contributed by atoms with Gasteiger partial charge in [0.25, 0.3) is 0 Å². The average Bonchev–Trinajstić information content (AvgIpc) is 2.96. The van der Waals surface area contributed by atoms with Gasteiger partial charge in [0, 0.05) is 22.3 Å². The summed E-state index contributed by atoms with van der Waals surface area (Å²) in [5.74, 6) is 1.64. The lowest BCUT2D eigenvalue weighted by Crippen LogP contribution is -1.78. The molecule has 3 heteroatoms. The zero-order valence-electron chi connectivity index (χ0n) is 10.3. The van der Waals surface area contributed by atoms with Crippen LogP contribution in [0.4, 0.5) is 0 Å². The van der Waals surface area contributed by atoms with Gasteiger partial charge in [0.2, 0.25) is 0 Å². The first-order chi connectivity index (χ1) is 9.42. The lowest BCUT2D eigenvalue weighted by Gasteiger charge is -1.96. The van der Waals surface area contributed by atoms with Gasteiger partial charge in [-0.1, -0.05) is 53.7 Å². The summed E-state index contributed by atoms with van der Waals surface area (Å²) in [6.45, 7) is 0. The second kappa shape index (κ2) is 5.76. The number of aromatic nitrogens is 1. The number of thioether (sulfide) groups is 1. The molecule has 0 bridgehead atoms. The molecule has 0 atom stereocenters. The number of rotatable bonds is 4. The Kier molecular flexibility index (Phi) is 3.65. The zero-order valence-corrected chi connectivity index (χ0v) is 11.1. The first-order valence-electron chi connectivity index (χ1n) is 6.11. The maximum Gasteiger partial charge on any atom is 0.167 e. The van der Waals surface area contributed by atoms with Crippen molar-refractivity contribution in [3.63, 3.8) is 0 Å². The standard InChI is InChI=1S/C16H13NOS/c1-3-7-13(8-4-1)16-11-14(17-18-16)12-19-15-9-5-2-6-10-15/h1-11H,12H2. The van der Waals surface area contributed by atoms with Crippen LogP contribution in [-0.4, -0.2) is 5.16 Å². The summed E-state index contributed by atoms with van der Waals surface area (Å²) in [4.78, 5) is 1.24. The second-order valence-corrected chi connectivity index (χ2v) is 5.20. The van der Waals surface area contributed by atoms with Gasteiger partial charge in [-0.3, -0.25) is 0 Å². The predicted molar refractivity (Wildman–Crippen MR) is 77.9 cm³/mol. The SMILES string of the molecule is c1ccc(SCc2cc(-c3ccccc3)on2)cc1. The fraction of sp³-hybridized carbons (Fsp3) is 0.0625. The highest BCUT2D eigenvalue weighted by Crippen LogP contribution is 2.25. The van der Waals surface area contributed by atoms with E-state index in [4.69, 9.17) is 4.52 Å². The molecule has 0 fully saturated rings. The smallest absolute Gasteiger partial charge is 0.167 e. The van der Waals surface area contributed by atoms with Gasteiger partial charge < -0.3 is 4.52 Å². The van der Waals surface area contributed by atoms with Gasteiger partial charge in [0.15, 0.2) is 5.76 Å². The van der Waals surface area contributed by atoms with Gasteiger partial charge in [0.1, 0.15) is 0 Å². The van der Waals surface area contributed by atoms with Crippen molar-refractivity contribution < 1.29 is 4.52 Å². The summed E-state index contributed by atoms with van der Waals surface area (Å²) in [6.07, 6.45) is 0. The highest BCUT2D eigenvalue weighted by atomic mass is 32.2. The van der Waals surface area contributed by atoms with Crippen LogP contribution in [0.1, 0.15) is 5.69 Å². The highest BCUT2D eigenvalue weighted by molar-refractivity contribution is 7.98. The molecular weight excluding hydrogens is 254 g/mol. The number of nitrogens with zero attached hydrogens (tertiary/aromatic N) is 1. The van der Waals surface area contributed by atoms with Crippen molar-refractivity contribution >= 4 is 11.8 Å². The minimum absolute atomic E-state index is 0.820. The summed E-state index contributed by atoms with van der Waals surface area (Å²) in [6, 6.07) is 22.3. The first kappa shape index (κ1) is 12.1. The van der Waals surface area contributed by atoms with Crippen molar-refractivity contribution in [1.82, 2.24) is 5.16 Å². The van der Waals surface area contributed by atoms with Crippen LogP contribution >= 0.6 is 11.8 Å². The Hall–Kier alpha value is -2.00. The molecule has 2 aromatic carbocycles. The third-order valence-corrected chi connectivity index (χ3v) is 3.79. The van der Waals surface area contributed by atoms with E-state index in [9.17, 15) is 0 Å². The molecule has 0 spiro atoms. The molecule has 0 radical (unpaired) electrons. The van der Waals surface area contributed by atoms with Crippen molar-refractivity contribution in [2.75, 3.05) is 0 Å². The zero-order chi connectivity index (χ0) is 12.9. The van der Waals surface area contributed by atoms with E-state index in [2.05, 4.69) is 17.3 Å². The first-order valence-corrected chi connectivity index (χ1v) is 7.09. The summed E-state index contributed by atoms with van der Waals surface area (Å²) in [5, 5.41) is 4.11. The molecule has 1 heterocycles. The Morgan fingerprint density at radius 1 is 0.895 bits per heavy atom. The normalized spacial score (nSPS) is 10.5. The summed E-state index contributed by atoms with van der Waals surface area (Å²) < 4.78 is 5.38. The summed E-state index contributed by atoms with van der Waals surface area (Å²) >= 11 is 1.76. The van der Waals surface area contributed by atoms with Gasteiger partial charge in [-0.15, -0.1) is 11.8 Å². The van der Waals surface area contributed by atoms with Crippen molar-refractivity contribution in [2.45, 2.75) is 10.6 Å². The minimum atomic E-state index is 0.820. The van der Waals surface area contributed by atoms with Crippen LogP contribution in [0.3, 0.4) is 0 Å². The van der Waals surface area contributed by atoms with Crippen molar-refractivity contribution in [2.24, 2.45) is 0 Å². The predicted octanol–water partition coefficient (Wildman–Crippen LogP) is 4.63. The largest absolute Gasteiger partial charge is 0.356 e. The highest BCUT2D eigenvalue weighted by Gasteiger charge is 2.06. The Morgan fingerprint density at radius 3 is 2.32 bits per heavy atom. The quantitative estimate of drug-likeness (QED) is 0.644. The van der Waals surface area contributed by atoms with E-state index in [1.165, 1.54) is 4.90 Å². The fourth-order valence-corrected chi connectivity index (χ4v) is 2.59. The topological polar surface area (TPSA) is 26.0 Å². The molecule has 19 heavy (non-hydrogen) atoms. The van der Waals surface area contributed by atoms with Crippen LogP contribution in [0.25, 0.3) is 11.3 Å². The minimum Gasteiger partial charge on any atom is -0.356 e. The summed E-state index contributed by atoms with van der Waals surface area (Å²) in [5.41, 5.74) is 2.03. The van der Waals surface area contributed by atoms with Crippen LogP contribution in [0.5, 0.6) is 0 Å². The second-order valence-electron chi connectivity index (χ2n) is 4.15. The molecule has 0 aliphatic carbocycles. The van der Waals surface area contributed by atoms with E-state index >= 15 is 0 Å². The van der Waals surface area contributed by atoms with Crippen molar-refractivity contribution in [1.29, 1.82) is 0 Å². The monoisotopic (exact) mass is 267 g/mol. The van der Waals surface area contributed by atoms with E-state index in [0.29, 0.717) is 0 Å². The lowest BCUT2D eigenvalue weighted by molar-refractivity contribution is 0.426. The number of hydrogen-bond donors (Lipinski definition) is 0. The van der Waals surface area contributed by atoms with E-state index in [-0.39, 0.29) is 0 Å². The lowest BCUT2D eigenvalue weighted by atomic mass is 10.2.